The zero-order valence-corrected chi connectivity index (χ0v) is 14.3. The third-order valence-corrected chi connectivity index (χ3v) is 4.48. The van der Waals surface area contributed by atoms with Gasteiger partial charge < -0.3 is 9.64 Å². The van der Waals surface area contributed by atoms with Gasteiger partial charge in [0.1, 0.15) is 6.10 Å². The third-order valence-electron chi connectivity index (χ3n) is 4.23. The first kappa shape index (κ1) is 16.6. The SMILES string of the molecule is CN(C(=O)OC1CCN(c2ccncc2)CC1)c1ccc(Cl)cc1. The number of rotatable bonds is 3. The number of ether oxygens (including phenoxy) is 1. The first-order chi connectivity index (χ1) is 11.6. The average molecular weight is 346 g/mol. The summed E-state index contributed by atoms with van der Waals surface area (Å²) in [5, 5.41) is 0.643. The Labute approximate surface area is 146 Å². The maximum Gasteiger partial charge on any atom is 0.414 e. The van der Waals surface area contributed by atoms with E-state index in [1.54, 1.807) is 43.7 Å². The van der Waals surface area contributed by atoms with Crippen LogP contribution in [0.15, 0.2) is 48.8 Å². The van der Waals surface area contributed by atoms with Gasteiger partial charge in [0.05, 0.1) is 0 Å². The third kappa shape index (κ3) is 3.97. The molecule has 1 aromatic carbocycles. The molecule has 0 bridgehead atoms. The number of pyridine rings is 1. The fourth-order valence-electron chi connectivity index (χ4n) is 2.78. The van der Waals surface area contributed by atoms with Gasteiger partial charge >= 0.3 is 6.09 Å². The lowest BCUT2D eigenvalue weighted by atomic mass is 10.1. The Bertz CT molecular complexity index is 670. The molecule has 0 radical (unpaired) electrons. The first-order valence-electron chi connectivity index (χ1n) is 7.98. The molecule has 0 saturated carbocycles. The van der Waals surface area contributed by atoms with E-state index in [9.17, 15) is 4.79 Å². The van der Waals surface area contributed by atoms with Crippen LogP contribution in [0.2, 0.25) is 5.02 Å². The number of halogens is 1. The highest BCUT2D eigenvalue weighted by Crippen LogP contribution is 2.22. The molecule has 1 aliphatic heterocycles. The summed E-state index contributed by atoms with van der Waals surface area (Å²) in [6.45, 7) is 1.74. The van der Waals surface area contributed by atoms with Crippen molar-refractivity contribution in [2.75, 3.05) is 29.9 Å². The van der Waals surface area contributed by atoms with Crippen molar-refractivity contribution in [1.82, 2.24) is 4.98 Å². The average Bonchev–Trinajstić information content (AvgIpc) is 2.63. The van der Waals surface area contributed by atoms with Crippen LogP contribution >= 0.6 is 11.6 Å². The molecular formula is C18H20ClN3O2. The van der Waals surface area contributed by atoms with Crippen molar-refractivity contribution in [2.24, 2.45) is 0 Å². The Hall–Kier alpha value is -2.27. The van der Waals surface area contributed by atoms with Crippen molar-refractivity contribution in [2.45, 2.75) is 18.9 Å². The zero-order valence-electron chi connectivity index (χ0n) is 13.6. The number of benzene rings is 1. The van der Waals surface area contributed by atoms with Crippen molar-refractivity contribution in [3.8, 4) is 0 Å². The molecule has 3 rings (SSSR count). The summed E-state index contributed by atoms with van der Waals surface area (Å²) in [6, 6.07) is 11.1. The minimum absolute atomic E-state index is 0.0506. The van der Waals surface area contributed by atoms with E-state index in [1.165, 1.54) is 4.90 Å². The smallest absolute Gasteiger partial charge is 0.414 e. The molecule has 1 saturated heterocycles. The van der Waals surface area contributed by atoms with Crippen LogP contribution < -0.4 is 9.80 Å². The highest BCUT2D eigenvalue weighted by molar-refractivity contribution is 6.30. The quantitative estimate of drug-likeness (QED) is 0.844. The van der Waals surface area contributed by atoms with E-state index in [0.29, 0.717) is 5.02 Å². The van der Waals surface area contributed by atoms with Gasteiger partial charge in [-0.3, -0.25) is 9.88 Å². The normalized spacial score (nSPS) is 15.2. The fourth-order valence-corrected chi connectivity index (χ4v) is 2.90. The van der Waals surface area contributed by atoms with Gasteiger partial charge in [-0.25, -0.2) is 4.79 Å². The Morgan fingerprint density at radius 3 is 2.42 bits per heavy atom. The van der Waals surface area contributed by atoms with Crippen LogP contribution in [-0.2, 0) is 4.74 Å². The molecular weight excluding hydrogens is 326 g/mol. The van der Waals surface area contributed by atoms with Gasteiger partial charge in [-0.05, 0) is 36.4 Å². The van der Waals surface area contributed by atoms with Crippen molar-refractivity contribution >= 4 is 29.1 Å². The molecule has 0 unspecified atom stereocenters. The second-order valence-corrected chi connectivity index (χ2v) is 6.25. The molecule has 0 N–H and O–H groups in total. The van der Waals surface area contributed by atoms with E-state index in [2.05, 4.69) is 9.88 Å². The minimum Gasteiger partial charge on any atom is -0.446 e. The number of amides is 1. The Balaban J connectivity index is 1.52. The largest absolute Gasteiger partial charge is 0.446 e. The van der Waals surface area contributed by atoms with Crippen LogP contribution in [0.25, 0.3) is 0 Å². The predicted molar refractivity (Wildman–Crippen MR) is 95.8 cm³/mol. The lowest BCUT2D eigenvalue weighted by Gasteiger charge is -2.33. The number of anilines is 2. The van der Waals surface area contributed by atoms with E-state index in [1.807, 2.05) is 12.1 Å². The molecule has 126 valence electrons. The minimum atomic E-state index is -0.334. The number of nitrogens with zero attached hydrogens (tertiary/aromatic N) is 3. The maximum absolute atomic E-state index is 12.3. The van der Waals surface area contributed by atoms with Gasteiger partial charge in [-0.2, -0.15) is 0 Å². The number of piperidine rings is 1. The molecule has 1 aromatic heterocycles. The topological polar surface area (TPSA) is 45.7 Å². The molecule has 24 heavy (non-hydrogen) atoms. The van der Waals surface area contributed by atoms with Crippen LogP contribution in [0.5, 0.6) is 0 Å². The van der Waals surface area contributed by atoms with Crippen LogP contribution in [0, 0.1) is 0 Å². The standard InChI is InChI=1S/C18H20ClN3O2/c1-21(15-4-2-14(19)3-5-15)18(23)24-17-8-12-22(13-9-17)16-6-10-20-11-7-16/h2-7,10-11,17H,8-9,12-13H2,1H3. The van der Waals surface area contributed by atoms with Gasteiger partial charge in [-0.1, -0.05) is 11.6 Å². The van der Waals surface area contributed by atoms with Gasteiger partial charge in [0.25, 0.3) is 0 Å². The van der Waals surface area contributed by atoms with Crippen molar-refractivity contribution < 1.29 is 9.53 Å². The van der Waals surface area contributed by atoms with Crippen molar-refractivity contribution in [3.05, 3.63) is 53.8 Å². The summed E-state index contributed by atoms with van der Waals surface area (Å²) in [4.78, 5) is 20.1. The molecule has 1 fully saturated rings. The molecule has 2 heterocycles. The maximum atomic E-state index is 12.3. The summed E-state index contributed by atoms with van der Waals surface area (Å²) < 4.78 is 5.64. The highest BCUT2D eigenvalue weighted by Gasteiger charge is 2.24. The summed E-state index contributed by atoms with van der Waals surface area (Å²) >= 11 is 5.87. The van der Waals surface area contributed by atoms with Crippen molar-refractivity contribution in [3.63, 3.8) is 0 Å². The van der Waals surface area contributed by atoms with E-state index < -0.39 is 0 Å². The van der Waals surface area contributed by atoms with Gasteiger partial charge in [0, 0.05) is 61.8 Å². The highest BCUT2D eigenvalue weighted by atomic mass is 35.5. The first-order valence-corrected chi connectivity index (χ1v) is 8.36. The lowest BCUT2D eigenvalue weighted by Crippen LogP contribution is -2.40. The van der Waals surface area contributed by atoms with E-state index in [-0.39, 0.29) is 12.2 Å². The lowest BCUT2D eigenvalue weighted by molar-refractivity contribution is 0.0900. The molecule has 2 aromatic rings. The van der Waals surface area contributed by atoms with Crippen LogP contribution in [0.1, 0.15) is 12.8 Å². The summed E-state index contributed by atoms with van der Waals surface area (Å²) in [6.07, 6.45) is 4.85. The number of hydrogen-bond acceptors (Lipinski definition) is 4. The molecule has 0 spiro atoms. The summed E-state index contributed by atoms with van der Waals surface area (Å²) in [5.74, 6) is 0. The molecule has 1 aliphatic rings. The van der Waals surface area contributed by atoms with E-state index >= 15 is 0 Å². The summed E-state index contributed by atoms with van der Waals surface area (Å²) in [7, 11) is 1.71. The van der Waals surface area contributed by atoms with Gasteiger partial charge in [0.2, 0.25) is 0 Å². The number of carbonyl (C=O) groups is 1. The number of aromatic nitrogens is 1. The fraction of sp³-hybridized carbons (Fsp3) is 0.333. The monoisotopic (exact) mass is 345 g/mol. The molecule has 0 atom stereocenters. The van der Waals surface area contributed by atoms with E-state index in [0.717, 1.165) is 37.3 Å². The Kier molecular flexibility index (Phi) is 5.20. The molecule has 1 amide bonds. The zero-order chi connectivity index (χ0) is 16.9. The second-order valence-electron chi connectivity index (χ2n) is 5.81. The molecule has 0 aliphatic carbocycles. The number of carbonyl (C=O) groups excluding carboxylic acids is 1. The van der Waals surface area contributed by atoms with Gasteiger partial charge in [-0.15, -0.1) is 0 Å². The molecule has 5 nitrogen and oxygen atoms in total. The van der Waals surface area contributed by atoms with Crippen molar-refractivity contribution in [1.29, 1.82) is 0 Å². The Morgan fingerprint density at radius 1 is 1.17 bits per heavy atom. The molecule has 6 heteroatoms. The van der Waals surface area contributed by atoms with Crippen LogP contribution in [-0.4, -0.2) is 37.3 Å². The van der Waals surface area contributed by atoms with Crippen LogP contribution in [0.3, 0.4) is 0 Å². The second kappa shape index (κ2) is 7.53. The number of hydrogen-bond donors (Lipinski definition) is 0. The van der Waals surface area contributed by atoms with E-state index in [4.69, 9.17) is 16.3 Å². The predicted octanol–water partition coefficient (Wildman–Crippen LogP) is 3.98. The van der Waals surface area contributed by atoms with Gasteiger partial charge in [0.15, 0.2) is 0 Å². The summed E-state index contributed by atoms with van der Waals surface area (Å²) in [5.41, 5.74) is 1.92. The Morgan fingerprint density at radius 2 is 1.79 bits per heavy atom. The van der Waals surface area contributed by atoms with Crippen LogP contribution in [0.4, 0.5) is 16.2 Å².